The summed E-state index contributed by atoms with van der Waals surface area (Å²) in [5, 5.41) is 7.35. The molecule has 0 saturated heterocycles. The first-order valence-corrected chi connectivity index (χ1v) is 28.8. The van der Waals surface area contributed by atoms with E-state index in [0.717, 1.165) is 63.8 Å². The van der Waals surface area contributed by atoms with E-state index >= 15 is 0 Å². The predicted molar refractivity (Wildman–Crippen MR) is 335 cm³/mol. The van der Waals surface area contributed by atoms with Crippen molar-refractivity contribution in [1.29, 1.82) is 0 Å². The fraction of sp³-hybridized carbons (Fsp3) is 0.216. The van der Waals surface area contributed by atoms with Gasteiger partial charge in [-0.25, -0.2) is 0 Å². The number of nitrogens with zero attached hydrogens (tertiary/aromatic N) is 3. The lowest BCUT2D eigenvalue weighted by Crippen LogP contribution is -2.61. The van der Waals surface area contributed by atoms with Crippen molar-refractivity contribution >= 4 is 101 Å². The van der Waals surface area contributed by atoms with E-state index in [0.29, 0.717) is 0 Å². The van der Waals surface area contributed by atoms with Gasteiger partial charge in [0, 0.05) is 66.6 Å². The Hall–Kier alpha value is -8.28. The van der Waals surface area contributed by atoms with Gasteiger partial charge in [0.25, 0.3) is 0 Å². The summed E-state index contributed by atoms with van der Waals surface area (Å²) in [5.74, 6) is 0. The quantitative estimate of drug-likeness (QED) is 0.161. The summed E-state index contributed by atoms with van der Waals surface area (Å²) in [5.41, 5.74) is 25.0. The van der Waals surface area contributed by atoms with Gasteiger partial charge in [0.2, 0.25) is 0 Å². The zero-order chi connectivity index (χ0) is 53.5. The number of para-hydroxylation sites is 3. The van der Waals surface area contributed by atoms with Crippen LogP contribution in [0.15, 0.2) is 199 Å². The summed E-state index contributed by atoms with van der Waals surface area (Å²) in [7, 11) is 0. The van der Waals surface area contributed by atoms with Crippen LogP contribution in [-0.4, -0.2) is 11.4 Å². The molecular formula is C74H64BN3O. The van der Waals surface area contributed by atoms with E-state index < -0.39 is 0 Å². The van der Waals surface area contributed by atoms with Gasteiger partial charge >= 0.3 is 6.85 Å². The van der Waals surface area contributed by atoms with Crippen molar-refractivity contribution in [2.45, 2.75) is 103 Å². The maximum atomic E-state index is 6.73. The van der Waals surface area contributed by atoms with Crippen LogP contribution in [0.1, 0.15) is 103 Å². The van der Waals surface area contributed by atoms with Crippen LogP contribution >= 0.6 is 0 Å². The van der Waals surface area contributed by atoms with E-state index in [-0.39, 0.29) is 28.5 Å². The Morgan fingerprint density at radius 3 is 1.75 bits per heavy atom. The number of furan rings is 1. The number of benzene rings is 10. The minimum Gasteiger partial charge on any atom is -0.456 e. The van der Waals surface area contributed by atoms with Crippen LogP contribution < -0.4 is 20.6 Å². The van der Waals surface area contributed by atoms with Crippen LogP contribution in [0, 0.1) is 0 Å². The van der Waals surface area contributed by atoms with Crippen molar-refractivity contribution < 1.29 is 4.42 Å². The van der Waals surface area contributed by atoms with Crippen LogP contribution in [0.2, 0.25) is 0 Å². The third-order valence-electron chi connectivity index (χ3n) is 19.6. The molecule has 0 fully saturated rings. The molecule has 0 radical (unpaired) electrons. The second kappa shape index (κ2) is 16.2. The van der Waals surface area contributed by atoms with Crippen LogP contribution in [0.4, 0.5) is 28.4 Å². The SMILES string of the molecule is CC1(C)CCC(C)(C)c2cc(N3B4c5cc6c(cc5-n5c7c4c(cc(-c4ccc8c(c4)oc4ccccc48)c7c4ccc7ccccc7c45)-c4ccc(N(c5ccccc5)c5ccccc5)cc43)C(C)(C)CCC6(C)C)ccc21. The molecule has 5 heteroatoms. The molecule has 0 saturated carbocycles. The molecule has 0 bridgehead atoms. The van der Waals surface area contributed by atoms with Gasteiger partial charge in [-0.1, -0.05) is 171 Å². The van der Waals surface area contributed by atoms with E-state index in [9.17, 15) is 0 Å². The van der Waals surface area contributed by atoms with Gasteiger partial charge in [-0.3, -0.25) is 0 Å². The molecule has 0 amide bonds. The normalized spacial score (nSPS) is 17.0. The number of fused-ring (bicyclic) bond motifs is 15. The summed E-state index contributed by atoms with van der Waals surface area (Å²) in [6, 6.07) is 73.9. The molecule has 2 aliphatic heterocycles. The maximum Gasteiger partial charge on any atom is 0.333 e. The van der Waals surface area contributed by atoms with Gasteiger partial charge < -0.3 is 18.7 Å². The smallest absolute Gasteiger partial charge is 0.333 e. The maximum absolute atomic E-state index is 6.73. The average Bonchev–Trinajstić information content (AvgIpc) is 3.98. The Labute approximate surface area is 464 Å². The lowest BCUT2D eigenvalue weighted by molar-refractivity contribution is 0.332. The Morgan fingerprint density at radius 2 is 1.03 bits per heavy atom. The second-order valence-electron chi connectivity index (χ2n) is 26.1. The summed E-state index contributed by atoms with van der Waals surface area (Å²) in [4.78, 5) is 5.22. The molecule has 4 nitrogen and oxygen atoms in total. The van der Waals surface area contributed by atoms with Gasteiger partial charge in [0.15, 0.2) is 0 Å². The molecule has 79 heavy (non-hydrogen) atoms. The van der Waals surface area contributed by atoms with E-state index in [1.54, 1.807) is 0 Å². The molecule has 2 aromatic heterocycles. The standard InChI is InChI=1S/C74H64BN3O/c1-71(2)35-36-72(3,4)59-40-50(30-34-58(59)71)78-63-41-49(76(47-20-11-9-12-21-47)48-22-13-10-14-23-48)29-33-52(63)57-42-56(46-28-31-54-53-25-17-18-26-65(53)79-66(54)39-46)67-55-32-27-45-19-15-16-24-51(45)69(55)77-64-44-61-60(73(5,6)37-38-74(61,7)8)43-62(64)75(78)68(57)70(67)77/h9-34,39-44H,35-38H2,1-8H3. The topological polar surface area (TPSA) is 24.6 Å². The highest BCUT2D eigenvalue weighted by Gasteiger charge is 2.48. The Balaban J connectivity index is 1.09. The highest BCUT2D eigenvalue weighted by Crippen LogP contribution is 2.55. The van der Waals surface area contributed by atoms with Crippen molar-refractivity contribution in [3.05, 3.63) is 216 Å². The number of rotatable bonds is 5. The Morgan fingerprint density at radius 1 is 0.418 bits per heavy atom. The highest BCUT2D eigenvalue weighted by atomic mass is 16.3. The van der Waals surface area contributed by atoms with Crippen molar-refractivity contribution in [3.8, 4) is 27.9 Å². The summed E-state index contributed by atoms with van der Waals surface area (Å²) >= 11 is 0. The van der Waals surface area contributed by atoms with Gasteiger partial charge in [0.05, 0.1) is 11.0 Å². The Bertz CT molecular complexity index is 4530. The van der Waals surface area contributed by atoms with Gasteiger partial charge in [-0.05, 0) is 181 Å². The second-order valence-corrected chi connectivity index (χ2v) is 26.1. The minimum absolute atomic E-state index is 0.00635. The van der Waals surface area contributed by atoms with Crippen molar-refractivity contribution in [3.63, 3.8) is 0 Å². The van der Waals surface area contributed by atoms with Crippen LogP contribution in [0.25, 0.3) is 82.5 Å². The molecule has 4 aliphatic rings. The molecule has 2 aliphatic carbocycles. The van der Waals surface area contributed by atoms with Crippen molar-refractivity contribution in [2.75, 3.05) is 9.71 Å². The van der Waals surface area contributed by atoms with E-state index in [1.807, 2.05) is 0 Å². The van der Waals surface area contributed by atoms with Gasteiger partial charge in [-0.2, -0.15) is 0 Å². The fourth-order valence-corrected chi connectivity index (χ4v) is 15.2. The first-order chi connectivity index (χ1) is 38.1. The first kappa shape index (κ1) is 46.8. The summed E-state index contributed by atoms with van der Waals surface area (Å²) in [6.45, 7) is 19.6. The number of anilines is 5. The van der Waals surface area contributed by atoms with Gasteiger partial charge in [-0.15, -0.1) is 0 Å². The fourth-order valence-electron chi connectivity index (χ4n) is 15.2. The lowest BCUT2D eigenvalue weighted by atomic mass is 9.43. The van der Waals surface area contributed by atoms with Crippen LogP contribution in [-0.2, 0) is 21.7 Å². The van der Waals surface area contributed by atoms with E-state index in [4.69, 9.17) is 4.42 Å². The number of hydrogen-bond donors (Lipinski definition) is 0. The molecular weight excluding hydrogens is 958 g/mol. The monoisotopic (exact) mass is 1020 g/mol. The molecule has 0 unspecified atom stereocenters. The van der Waals surface area contributed by atoms with E-state index in [2.05, 4.69) is 264 Å². The van der Waals surface area contributed by atoms with Crippen LogP contribution in [0.3, 0.4) is 0 Å². The molecule has 384 valence electrons. The number of aromatic nitrogens is 1. The predicted octanol–water partition coefficient (Wildman–Crippen LogP) is 18.9. The summed E-state index contributed by atoms with van der Waals surface area (Å²) < 4.78 is 9.47. The zero-order valence-corrected chi connectivity index (χ0v) is 46.6. The molecule has 12 aromatic rings. The molecule has 4 heterocycles. The van der Waals surface area contributed by atoms with Crippen molar-refractivity contribution in [1.82, 2.24) is 4.57 Å². The highest BCUT2D eigenvalue weighted by molar-refractivity contribution is 6.94. The number of hydrogen-bond acceptors (Lipinski definition) is 3. The average molecular weight is 1020 g/mol. The summed E-state index contributed by atoms with van der Waals surface area (Å²) in [6.07, 6.45) is 4.58. The van der Waals surface area contributed by atoms with Crippen molar-refractivity contribution in [2.24, 2.45) is 0 Å². The molecule has 16 rings (SSSR count). The third-order valence-corrected chi connectivity index (χ3v) is 19.6. The molecule has 10 aromatic carbocycles. The first-order valence-electron chi connectivity index (χ1n) is 28.8. The lowest BCUT2D eigenvalue weighted by Gasteiger charge is -2.47. The molecule has 0 N–H and O–H groups in total. The Kier molecular flexibility index (Phi) is 9.57. The molecule has 0 atom stereocenters. The third kappa shape index (κ3) is 6.62. The minimum atomic E-state index is -0.170. The van der Waals surface area contributed by atoms with E-state index in [1.165, 1.54) is 106 Å². The zero-order valence-electron chi connectivity index (χ0n) is 46.6. The molecule has 0 spiro atoms. The van der Waals surface area contributed by atoms with Gasteiger partial charge in [0.1, 0.15) is 11.2 Å². The largest absolute Gasteiger partial charge is 0.456 e. The van der Waals surface area contributed by atoms with Crippen LogP contribution in [0.5, 0.6) is 0 Å².